The molecule has 2 aromatic rings. The van der Waals surface area contributed by atoms with Crippen molar-refractivity contribution in [1.82, 2.24) is 4.98 Å². The van der Waals surface area contributed by atoms with Gasteiger partial charge in [-0.2, -0.15) is 0 Å². The number of anilines is 1. The second-order valence-electron chi connectivity index (χ2n) is 5.61. The quantitative estimate of drug-likeness (QED) is 0.865. The third kappa shape index (κ3) is 4.04. The maximum Gasteiger partial charge on any atom is 0.119 e. The summed E-state index contributed by atoms with van der Waals surface area (Å²) in [6.45, 7) is 7.65. The summed E-state index contributed by atoms with van der Waals surface area (Å²) in [7, 11) is 0. The van der Waals surface area contributed by atoms with Gasteiger partial charge in [0.1, 0.15) is 5.01 Å². The molecular formula is C15H20N2OS. The van der Waals surface area contributed by atoms with Gasteiger partial charge in [0.05, 0.1) is 18.9 Å². The van der Waals surface area contributed by atoms with Gasteiger partial charge in [0.2, 0.25) is 0 Å². The Labute approximate surface area is 118 Å². The van der Waals surface area contributed by atoms with Crippen LogP contribution in [0.3, 0.4) is 0 Å². The SMILES string of the molecule is CC(C)(C)c1csc(COCc2ccc(N)cc2)n1. The van der Waals surface area contributed by atoms with Crippen LogP contribution in [-0.4, -0.2) is 4.98 Å². The maximum absolute atomic E-state index is 5.68. The van der Waals surface area contributed by atoms with Gasteiger partial charge in [-0.05, 0) is 17.7 Å². The lowest BCUT2D eigenvalue weighted by atomic mass is 9.93. The lowest BCUT2D eigenvalue weighted by molar-refractivity contribution is 0.107. The summed E-state index contributed by atoms with van der Waals surface area (Å²) < 4.78 is 5.68. The maximum atomic E-state index is 5.68. The monoisotopic (exact) mass is 276 g/mol. The molecule has 0 amide bonds. The largest absolute Gasteiger partial charge is 0.399 e. The Morgan fingerprint density at radius 3 is 2.42 bits per heavy atom. The smallest absolute Gasteiger partial charge is 0.119 e. The van der Waals surface area contributed by atoms with E-state index in [2.05, 4.69) is 31.1 Å². The fourth-order valence-corrected chi connectivity index (χ4v) is 2.55. The number of nitrogens with two attached hydrogens (primary N) is 1. The highest BCUT2D eigenvalue weighted by Crippen LogP contribution is 2.24. The van der Waals surface area contributed by atoms with E-state index in [9.17, 15) is 0 Å². The minimum atomic E-state index is 0.103. The molecule has 0 atom stereocenters. The van der Waals surface area contributed by atoms with Crippen molar-refractivity contribution in [1.29, 1.82) is 0 Å². The molecule has 0 fully saturated rings. The average molecular weight is 276 g/mol. The van der Waals surface area contributed by atoms with Crippen LogP contribution >= 0.6 is 11.3 Å². The number of nitrogen functional groups attached to an aromatic ring is 1. The molecular weight excluding hydrogens is 256 g/mol. The molecule has 0 aliphatic rings. The molecule has 3 nitrogen and oxygen atoms in total. The first-order valence-corrected chi connectivity index (χ1v) is 7.20. The van der Waals surface area contributed by atoms with Crippen molar-refractivity contribution in [2.75, 3.05) is 5.73 Å². The predicted octanol–water partition coefficient (Wildman–Crippen LogP) is 3.74. The summed E-state index contributed by atoms with van der Waals surface area (Å²) in [6, 6.07) is 7.75. The van der Waals surface area contributed by atoms with Crippen molar-refractivity contribution in [2.45, 2.75) is 39.4 Å². The molecule has 1 heterocycles. The van der Waals surface area contributed by atoms with Crippen LogP contribution in [0.2, 0.25) is 0 Å². The summed E-state index contributed by atoms with van der Waals surface area (Å²) in [5.41, 5.74) is 8.77. The zero-order chi connectivity index (χ0) is 13.9. The van der Waals surface area contributed by atoms with E-state index in [1.165, 1.54) is 0 Å². The van der Waals surface area contributed by atoms with Crippen LogP contribution in [0.1, 0.15) is 37.0 Å². The lowest BCUT2D eigenvalue weighted by Gasteiger charge is -2.14. The van der Waals surface area contributed by atoms with Gasteiger partial charge in [0.25, 0.3) is 0 Å². The summed E-state index contributed by atoms with van der Waals surface area (Å²) in [5, 5.41) is 3.14. The molecule has 1 aromatic carbocycles. The van der Waals surface area contributed by atoms with Gasteiger partial charge in [-0.25, -0.2) is 4.98 Å². The first-order valence-electron chi connectivity index (χ1n) is 6.32. The Bertz CT molecular complexity index is 526. The molecule has 0 saturated carbocycles. The summed E-state index contributed by atoms with van der Waals surface area (Å²) in [6.07, 6.45) is 0. The molecule has 102 valence electrons. The van der Waals surface area contributed by atoms with Crippen LogP contribution in [0, 0.1) is 0 Å². The van der Waals surface area contributed by atoms with E-state index < -0.39 is 0 Å². The Kier molecular flexibility index (Phi) is 4.22. The van der Waals surface area contributed by atoms with Gasteiger partial charge in [0, 0.05) is 16.5 Å². The Morgan fingerprint density at radius 1 is 1.16 bits per heavy atom. The zero-order valence-electron chi connectivity index (χ0n) is 11.6. The van der Waals surface area contributed by atoms with Gasteiger partial charge in [-0.15, -0.1) is 11.3 Å². The molecule has 0 saturated heterocycles. The molecule has 0 aliphatic heterocycles. The van der Waals surface area contributed by atoms with Crippen molar-refractivity contribution >= 4 is 17.0 Å². The highest BCUT2D eigenvalue weighted by molar-refractivity contribution is 7.09. The zero-order valence-corrected chi connectivity index (χ0v) is 12.5. The Balaban J connectivity index is 1.86. The van der Waals surface area contributed by atoms with Gasteiger partial charge in [0.15, 0.2) is 0 Å². The number of aromatic nitrogens is 1. The summed E-state index contributed by atoms with van der Waals surface area (Å²) >= 11 is 1.66. The van der Waals surface area contributed by atoms with E-state index in [1.54, 1.807) is 11.3 Å². The minimum Gasteiger partial charge on any atom is -0.399 e. The van der Waals surface area contributed by atoms with Crippen molar-refractivity contribution < 1.29 is 4.74 Å². The number of hydrogen-bond donors (Lipinski definition) is 1. The third-order valence-corrected chi connectivity index (χ3v) is 3.62. The van der Waals surface area contributed by atoms with Gasteiger partial charge in [-0.3, -0.25) is 0 Å². The van der Waals surface area contributed by atoms with Crippen LogP contribution in [0.25, 0.3) is 0 Å². The third-order valence-electron chi connectivity index (χ3n) is 2.79. The number of thiazole rings is 1. The molecule has 2 rings (SSSR count). The molecule has 0 unspecified atom stereocenters. The molecule has 0 aliphatic carbocycles. The predicted molar refractivity (Wildman–Crippen MR) is 80.2 cm³/mol. The van der Waals surface area contributed by atoms with Crippen molar-refractivity contribution in [3.63, 3.8) is 0 Å². The van der Waals surface area contributed by atoms with Crippen LogP contribution in [0.5, 0.6) is 0 Å². The van der Waals surface area contributed by atoms with E-state index in [1.807, 2.05) is 24.3 Å². The summed E-state index contributed by atoms with van der Waals surface area (Å²) in [4.78, 5) is 4.60. The van der Waals surface area contributed by atoms with Crippen LogP contribution < -0.4 is 5.73 Å². The highest BCUT2D eigenvalue weighted by Gasteiger charge is 2.17. The topological polar surface area (TPSA) is 48.1 Å². The van der Waals surface area contributed by atoms with Crippen molar-refractivity contribution in [3.8, 4) is 0 Å². The summed E-state index contributed by atoms with van der Waals surface area (Å²) in [5.74, 6) is 0. The van der Waals surface area contributed by atoms with Crippen LogP contribution in [-0.2, 0) is 23.4 Å². The van der Waals surface area contributed by atoms with E-state index in [0.717, 1.165) is 22.0 Å². The molecule has 0 bridgehead atoms. The number of benzene rings is 1. The number of hydrogen-bond acceptors (Lipinski definition) is 4. The van der Waals surface area contributed by atoms with Crippen molar-refractivity contribution in [3.05, 3.63) is 45.9 Å². The van der Waals surface area contributed by atoms with Crippen LogP contribution in [0.4, 0.5) is 5.69 Å². The second kappa shape index (κ2) is 5.72. The fraction of sp³-hybridized carbons (Fsp3) is 0.400. The molecule has 2 N–H and O–H groups in total. The molecule has 0 radical (unpaired) electrons. The van der Waals surface area contributed by atoms with Gasteiger partial charge < -0.3 is 10.5 Å². The average Bonchev–Trinajstić information content (AvgIpc) is 2.80. The first kappa shape index (κ1) is 14.0. The van der Waals surface area contributed by atoms with Gasteiger partial charge in [-0.1, -0.05) is 32.9 Å². The number of rotatable bonds is 4. The standard InChI is InChI=1S/C15H20N2OS/c1-15(2,3)13-10-19-14(17-13)9-18-8-11-4-6-12(16)7-5-11/h4-7,10H,8-9,16H2,1-3H3. The van der Waals surface area contributed by atoms with Crippen LogP contribution in [0.15, 0.2) is 29.6 Å². The van der Waals surface area contributed by atoms with E-state index in [-0.39, 0.29) is 5.41 Å². The van der Waals surface area contributed by atoms with Gasteiger partial charge >= 0.3 is 0 Å². The minimum absolute atomic E-state index is 0.103. The second-order valence-corrected chi connectivity index (χ2v) is 6.55. The fourth-order valence-electron chi connectivity index (χ4n) is 1.59. The first-order chi connectivity index (χ1) is 8.95. The van der Waals surface area contributed by atoms with E-state index in [4.69, 9.17) is 10.5 Å². The molecule has 19 heavy (non-hydrogen) atoms. The number of nitrogens with zero attached hydrogens (tertiary/aromatic N) is 1. The van der Waals surface area contributed by atoms with E-state index in [0.29, 0.717) is 13.2 Å². The molecule has 1 aromatic heterocycles. The highest BCUT2D eigenvalue weighted by atomic mass is 32.1. The Hall–Kier alpha value is -1.39. The Morgan fingerprint density at radius 2 is 1.84 bits per heavy atom. The normalized spacial score (nSPS) is 11.7. The number of ether oxygens (including phenoxy) is 1. The van der Waals surface area contributed by atoms with E-state index >= 15 is 0 Å². The van der Waals surface area contributed by atoms with Crippen molar-refractivity contribution in [2.24, 2.45) is 0 Å². The molecule has 0 spiro atoms. The lowest BCUT2D eigenvalue weighted by Crippen LogP contribution is -2.11. The molecule has 4 heteroatoms.